The van der Waals surface area contributed by atoms with Crippen molar-refractivity contribution in [3.05, 3.63) is 42.0 Å². The van der Waals surface area contributed by atoms with Gasteiger partial charge < -0.3 is 5.11 Å². The number of amides is 2. The molecule has 0 spiro atoms. The summed E-state index contributed by atoms with van der Waals surface area (Å²) in [7, 11) is 2.93. The molecular formula is C14H14N2O4. The van der Waals surface area contributed by atoms with E-state index in [9.17, 15) is 9.59 Å². The molecule has 0 aliphatic rings. The lowest BCUT2D eigenvalue weighted by Crippen LogP contribution is -2.25. The number of carbonyl (C=O) groups is 2. The molecule has 0 aromatic heterocycles. The van der Waals surface area contributed by atoms with Gasteiger partial charge in [-0.1, -0.05) is 18.2 Å². The van der Waals surface area contributed by atoms with Crippen LogP contribution in [0.3, 0.4) is 0 Å². The van der Waals surface area contributed by atoms with E-state index < -0.39 is 6.09 Å². The largest absolute Gasteiger partial charge is 0.465 e. The highest BCUT2D eigenvalue weighted by atomic mass is 16.7. The SMILES string of the molecule is CON(C)C(=O)c1ccc2c(NC(=O)O)cccc2c1. The Hall–Kier alpha value is -2.60. The molecule has 0 aliphatic carbocycles. The van der Waals surface area contributed by atoms with Crippen molar-refractivity contribution in [3.63, 3.8) is 0 Å². The summed E-state index contributed by atoms with van der Waals surface area (Å²) in [5.41, 5.74) is 0.948. The van der Waals surface area contributed by atoms with Crippen LogP contribution in [0.5, 0.6) is 0 Å². The van der Waals surface area contributed by atoms with Gasteiger partial charge in [0.25, 0.3) is 5.91 Å². The van der Waals surface area contributed by atoms with Gasteiger partial charge in [0.05, 0.1) is 12.8 Å². The van der Waals surface area contributed by atoms with Gasteiger partial charge in [-0.25, -0.2) is 9.86 Å². The Morgan fingerprint density at radius 2 is 2.00 bits per heavy atom. The molecule has 6 heteroatoms. The molecule has 2 aromatic carbocycles. The lowest BCUT2D eigenvalue weighted by Gasteiger charge is -2.14. The number of nitrogens with zero attached hydrogens (tertiary/aromatic N) is 1. The summed E-state index contributed by atoms with van der Waals surface area (Å²) in [6.07, 6.45) is -1.13. The molecule has 0 saturated heterocycles. The maximum atomic E-state index is 12.0. The number of anilines is 1. The lowest BCUT2D eigenvalue weighted by molar-refractivity contribution is -0.0756. The first-order valence-corrected chi connectivity index (χ1v) is 5.88. The van der Waals surface area contributed by atoms with Crippen molar-refractivity contribution in [3.8, 4) is 0 Å². The normalized spacial score (nSPS) is 10.3. The van der Waals surface area contributed by atoms with Crippen LogP contribution in [-0.2, 0) is 4.84 Å². The highest BCUT2D eigenvalue weighted by Gasteiger charge is 2.12. The van der Waals surface area contributed by atoms with E-state index in [2.05, 4.69) is 5.32 Å². The predicted molar refractivity (Wildman–Crippen MR) is 74.7 cm³/mol. The Bertz CT molecular complexity index is 669. The standard InChI is InChI=1S/C14H14N2O4/c1-16(20-2)13(17)10-6-7-11-9(8-10)4-3-5-12(11)15-14(18)19/h3-8,15H,1-2H3,(H,18,19). The summed E-state index contributed by atoms with van der Waals surface area (Å²) in [5, 5.41) is 13.7. The van der Waals surface area contributed by atoms with Crippen LogP contribution in [0, 0.1) is 0 Å². The molecule has 20 heavy (non-hydrogen) atoms. The van der Waals surface area contributed by atoms with E-state index >= 15 is 0 Å². The van der Waals surface area contributed by atoms with Crippen LogP contribution in [0.15, 0.2) is 36.4 Å². The van der Waals surface area contributed by atoms with Gasteiger partial charge in [-0.15, -0.1) is 0 Å². The van der Waals surface area contributed by atoms with Crippen LogP contribution in [0.2, 0.25) is 0 Å². The first kappa shape index (κ1) is 13.8. The molecule has 0 saturated carbocycles. The third-order valence-corrected chi connectivity index (χ3v) is 2.93. The molecule has 6 nitrogen and oxygen atoms in total. The summed E-state index contributed by atoms with van der Waals surface area (Å²) < 4.78 is 0. The topological polar surface area (TPSA) is 78.9 Å². The molecule has 0 fully saturated rings. The molecule has 0 aliphatic heterocycles. The molecule has 0 unspecified atom stereocenters. The Labute approximate surface area is 115 Å². The molecule has 2 amide bonds. The van der Waals surface area contributed by atoms with Gasteiger partial charge in [-0.3, -0.25) is 14.9 Å². The van der Waals surface area contributed by atoms with Crippen LogP contribution in [0.25, 0.3) is 10.8 Å². The van der Waals surface area contributed by atoms with Crippen molar-refractivity contribution < 1.29 is 19.5 Å². The van der Waals surface area contributed by atoms with E-state index in [-0.39, 0.29) is 5.91 Å². The minimum absolute atomic E-state index is 0.272. The second-order valence-electron chi connectivity index (χ2n) is 4.16. The Morgan fingerprint density at radius 3 is 2.65 bits per heavy atom. The average Bonchev–Trinajstić information content (AvgIpc) is 2.44. The Morgan fingerprint density at radius 1 is 1.25 bits per heavy atom. The molecule has 0 bridgehead atoms. The summed E-state index contributed by atoms with van der Waals surface area (Å²) in [4.78, 5) is 27.5. The second kappa shape index (κ2) is 5.58. The number of nitrogens with one attached hydrogen (secondary N) is 1. The third kappa shape index (κ3) is 2.70. The minimum Gasteiger partial charge on any atom is -0.465 e. The number of rotatable bonds is 3. The zero-order chi connectivity index (χ0) is 14.7. The van der Waals surface area contributed by atoms with E-state index in [1.165, 1.54) is 14.2 Å². The molecule has 0 atom stereocenters. The fraction of sp³-hybridized carbons (Fsp3) is 0.143. The maximum absolute atomic E-state index is 12.0. The quantitative estimate of drug-likeness (QED) is 0.843. The number of fused-ring (bicyclic) bond motifs is 1. The van der Waals surface area contributed by atoms with Crippen molar-refractivity contribution in [2.24, 2.45) is 0 Å². The van der Waals surface area contributed by atoms with E-state index in [0.29, 0.717) is 11.3 Å². The monoisotopic (exact) mass is 274 g/mol. The van der Waals surface area contributed by atoms with Crippen LogP contribution in [0.4, 0.5) is 10.5 Å². The second-order valence-corrected chi connectivity index (χ2v) is 4.16. The van der Waals surface area contributed by atoms with Crippen molar-refractivity contribution in [2.45, 2.75) is 0 Å². The van der Waals surface area contributed by atoms with Gasteiger partial charge in [0.2, 0.25) is 0 Å². The number of hydrogen-bond acceptors (Lipinski definition) is 3. The number of hydroxylamine groups is 2. The van der Waals surface area contributed by atoms with Crippen LogP contribution in [0.1, 0.15) is 10.4 Å². The summed E-state index contributed by atoms with van der Waals surface area (Å²) in [6.45, 7) is 0. The van der Waals surface area contributed by atoms with Crippen LogP contribution < -0.4 is 5.32 Å². The molecule has 104 valence electrons. The van der Waals surface area contributed by atoms with Gasteiger partial charge in [-0.05, 0) is 23.6 Å². The average molecular weight is 274 g/mol. The molecule has 2 N–H and O–H groups in total. The summed E-state index contributed by atoms with van der Waals surface area (Å²) >= 11 is 0. The highest BCUT2D eigenvalue weighted by molar-refractivity contribution is 6.03. The van der Waals surface area contributed by atoms with Crippen LogP contribution in [-0.4, -0.2) is 36.3 Å². The Kier molecular flexibility index (Phi) is 3.86. The van der Waals surface area contributed by atoms with Gasteiger partial charge in [0, 0.05) is 18.0 Å². The summed E-state index contributed by atoms with van der Waals surface area (Å²) in [5.74, 6) is -0.272. The summed E-state index contributed by atoms with van der Waals surface area (Å²) in [6, 6.07) is 10.2. The van der Waals surface area contributed by atoms with Crippen molar-refractivity contribution in [2.75, 3.05) is 19.5 Å². The van der Waals surface area contributed by atoms with Crippen molar-refractivity contribution >= 4 is 28.5 Å². The van der Waals surface area contributed by atoms with E-state index in [4.69, 9.17) is 9.94 Å². The highest BCUT2D eigenvalue weighted by Crippen LogP contribution is 2.24. The van der Waals surface area contributed by atoms with Crippen molar-refractivity contribution in [1.29, 1.82) is 0 Å². The first-order valence-electron chi connectivity index (χ1n) is 5.88. The number of carbonyl (C=O) groups excluding carboxylic acids is 1. The fourth-order valence-electron chi connectivity index (χ4n) is 1.91. The predicted octanol–water partition coefficient (Wildman–Crippen LogP) is 2.56. The zero-order valence-corrected chi connectivity index (χ0v) is 11.1. The zero-order valence-electron chi connectivity index (χ0n) is 11.1. The van der Waals surface area contributed by atoms with Crippen LogP contribution >= 0.6 is 0 Å². The van der Waals surface area contributed by atoms with Gasteiger partial charge in [-0.2, -0.15) is 0 Å². The van der Waals surface area contributed by atoms with E-state index in [1.54, 1.807) is 30.3 Å². The molecular weight excluding hydrogens is 260 g/mol. The number of carboxylic acid groups (broad SMARTS) is 1. The van der Waals surface area contributed by atoms with Gasteiger partial charge in [0.1, 0.15) is 0 Å². The number of hydrogen-bond donors (Lipinski definition) is 2. The molecule has 0 radical (unpaired) electrons. The van der Waals surface area contributed by atoms with Gasteiger partial charge in [0.15, 0.2) is 0 Å². The smallest absolute Gasteiger partial charge is 0.409 e. The Balaban J connectivity index is 2.46. The first-order chi connectivity index (χ1) is 9.52. The lowest BCUT2D eigenvalue weighted by atomic mass is 10.0. The van der Waals surface area contributed by atoms with Gasteiger partial charge >= 0.3 is 6.09 Å². The van der Waals surface area contributed by atoms with E-state index in [0.717, 1.165) is 15.8 Å². The fourth-order valence-corrected chi connectivity index (χ4v) is 1.91. The minimum atomic E-state index is -1.13. The number of benzene rings is 2. The van der Waals surface area contributed by atoms with E-state index in [1.807, 2.05) is 6.07 Å². The molecule has 0 heterocycles. The third-order valence-electron chi connectivity index (χ3n) is 2.93. The molecule has 2 aromatic rings. The maximum Gasteiger partial charge on any atom is 0.409 e. The molecule has 2 rings (SSSR count). The van der Waals surface area contributed by atoms with Crippen molar-refractivity contribution in [1.82, 2.24) is 5.06 Å².